The number of fused-ring (bicyclic) bond motifs is 3. The zero-order valence-corrected chi connectivity index (χ0v) is 20.4. The minimum absolute atomic E-state index is 0.0249. The quantitative estimate of drug-likeness (QED) is 0.485. The molecule has 0 saturated heterocycles. The van der Waals surface area contributed by atoms with E-state index in [1.165, 1.54) is 11.1 Å². The number of ether oxygens (including phenoxy) is 1. The molecule has 2 aromatic rings. The van der Waals surface area contributed by atoms with E-state index in [-0.39, 0.29) is 31.0 Å². The first-order valence-corrected chi connectivity index (χ1v) is 12.5. The predicted molar refractivity (Wildman–Crippen MR) is 133 cm³/mol. The number of hydrogen-bond acceptors (Lipinski definition) is 4. The van der Waals surface area contributed by atoms with Gasteiger partial charge in [0.05, 0.1) is 11.3 Å². The maximum Gasteiger partial charge on any atom is 0.407 e. The lowest BCUT2D eigenvalue weighted by Gasteiger charge is -2.31. The third kappa shape index (κ3) is 5.04. The van der Waals surface area contributed by atoms with E-state index < -0.39 is 23.4 Å². The van der Waals surface area contributed by atoms with Gasteiger partial charge in [0, 0.05) is 18.5 Å². The lowest BCUT2D eigenvalue weighted by Crippen LogP contribution is -2.50. The van der Waals surface area contributed by atoms with Crippen LogP contribution in [0.3, 0.4) is 0 Å². The number of alkyl carbamates (subject to hydrolysis) is 1. The van der Waals surface area contributed by atoms with Crippen molar-refractivity contribution in [2.45, 2.75) is 57.9 Å². The number of aliphatic carboxylic acids is 1. The van der Waals surface area contributed by atoms with Gasteiger partial charge in [-0.2, -0.15) is 0 Å². The Balaban J connectivity index is 1.34. The molecule has 0 spiro atoms. The Bertz CT molecular complexity index is 1050. The van der Waals surface area contributed by atoms with E-state index in [0.717, 1.165) is 11.1 Å². The Labute approximate surface area is 206 Å². The first kappa shape index (κ1) is 24.8. The van der Waals surface area contributed by atoms with Gasteiger partial charge in [0.15, 0.2) is 0 Å². The molecule has 35 heavy (non-hydrogen) atoms. The molecule has 0 heterocycles. The van der Waals surface area contributed by atoms with Gasteiger partial charge in [-0.25, -0.2) is 4.79 Å². The number of nitrogens with one attached hydrogen (secondary N) is 2. The summed E-state index contributed by atoms with van der Waals surface area (Å²) in [7, 11) is 0. The summed E-state index contributed by atoms with van der Waals surface area (Å²) in [5.41, 5.74) is 3.86. The number of rotatable bonds is 9. The van der Waals surface area contributed by atoms with E-state index in [1.54, 1.807) is 0 Å². The first-order valence-electron chi connectivity index (χ1n) is 12.5. The van der Waals surface area contributed by atoms with Gasteiger partial charge >= 0.3 is 12.1 Å². The summed E-state index contributed by atoms with van der Waals surface area (Å²) < 4.78 is 5.63. The molecule has 7 nitrogen and oxygen atoms in total. The molecule has 0 aromatic heterocycles. The highest BCUT2D eigenvalue weighted by Crippen LogP contribution is 2.44. The van der Waals surface area contributed by atoms with Crippen molar-refractivity contribution in [3.63, 3.8) is 0 Å². The van der Waals surface area contributed by atoms with E-state index in [0.29, 0.717) is 32.1 Å². The molecular formula is C28H34N2O5. The highest BCUT2D eigenvalue weighted by Gasteiger charge is 2.39. The van der Waals surface area contributed by atoms with Crippen molar-refractivity contribution in [3.05, 3.63) is 59.7 Å². The number of benzene rings is 2. The smallest absolute Gasteiger partial charge is 0.407 e. The second kappa shape index (κ2) is 10.5. The fraction of sp³-hybridized carbons (Fsp3) is 0.464. The van der Waals surface area contributed by atoms with Gasteiger partial charge in [0.2, 0.25) is 5.91 Å². The first-order chi connectivity index (χ1) is 16.9. The largest absolute Gasteiger partial charge is 0.481 e. The Hall–Kier alpha value is -3.35. The van der Waals surface area contributed by atoms with Crippen LogP contribution in [0.15, 0.2) is 48.5 Å². The highest BCUT2D eigenvalue weighted by molar-refractivity contribution is 5.84. The van der Waals surface area contributed by atoms with Crippen LogP contribution in [0, 0.1) is 11.3 Å². The molecular weight excluding hydrogens is 444 g/mol. The van der Waals surface area contributed by atoms with Crippen molar-refractivity contribution >= 4 is 18.0 Å². The molecule has 0 radical (unpaired) electrons. The number of hydrogen-bond donors (Lipinski definition) is 3. The molecule has 3 N–H and O–H groups in total. The average Bonchev–Trinajstić information content (AvgIpc) is 3.47. The maximum atomic E-state index is 13.2. The Morgan fingerprint density at radius 3 is 2.11 bits per heavy atom. The molecule has 2 aliphatic rings. The van der Waals surface area contributed by atoms with Gasteiger partial charge in [-0.05, 0) is 54.4 Å². The van der Waals surface area contributed by atoms with Gasteiger partial charge in [0.25, 0.3) is 0 Å². The zero-order chi connectivity index (χ0) is 25.0. The van der Waals surface area contributed by atoms with Crippen LogP contribution in [-0.4, -0.2) is 42.3 Å². The predicted octanol–water partition coefficient (Wildman–Crippen LogP) is 4.70. The van der Waals surface area contributed by atoms with E-state index in [2.05, 4.69) is 34.9 Å². The number of carboxylic acids is 1. The lowest BCUT2D eigenvalue weighted by molar-refractivity contribution is -0.141. The van der Waals surface area contributed by atoms with Gasteiger partial charge < -0.3 is 20.5 Å². The molecule has 7 heteroatoms. The van der Waals surface area contributed by atoms with E-state index >= 15 is 0 Å². The number of carbonyl (C=O) groups excluding carboxylic acids is 2. The molecule has 0 unspecified atom stereocenters. The molecule has 2 aromatic carbocycles. The number of amides is 2. The summed E-state index contributed by atoms with van der Waals surface area (Å²) in [6.07, 6.45) is 2.24. The van der Waals surface area contributed by atoms with Crippen LogP contribution >= 0.6 is 0 Å². The minimum Gasteiger partial charge on any atom is -0.481 e. The van der Waals surface area contributed by atoms with Crippen LogP contribution in [0.4, 0.5) is 4.79 Å². The van der Waals surface area contributed by atoms with E-state index in [4.69, 9.17) is 4.74 Å². The second-order valence-electron chi connectivity index (χ2n) is 9.69. The maximum absolute atomic E-state index is 13.2. The van der Waals surface area contributed by atoms with Crippen LogP contribution in [0.25, 0.3) is 11.1 Å². The molecule has 2 amide bonds. The van der Waals surface area contributed by atoms with Crippen LogP contribution in [0.2, 0.25) is 0 Å². The summed E-state index contributed by atoms with van der Waals surface area (Å²) in [6.45, 7) is 4.24. The number of carboxylic acid groups (broad SMARTS) is 1. The summed E-state index contributed by atoms with van der Waals surface area (Å²) in [6, 6.07) is 16.2. The molecule has 0 aliphatic heterocycles. The third-order valence-corrected chi connectivity index (χ3v) is 7.87. The van der Waals surface area contributed by atoms with Crippen molar-refractivity contribution in [2.75, 3.05) is 13.2 Å². The van der Waals surface area contributed by atoms with E-state index in [1.807, 2.05) is 38.1 Å². The Morgan fingerprint density at radius 2 is 1.57 bits per heavy atom. The Morgan fingerprint density at radius 1 is 0.971 bits per heavy atom. The summed E-state index contributed by atoms with van der Waals surface area (Å²) in [5.74, 6) is -1.38. The van der Waals surface area contributed by atoms with Crippen LogP contribution < -0.4 is 10.6 Å². The normalized spacial score (nSPS) is 19.0. The molecule has 0 bridgehead atoms. The molecule has 186 valence electrons. The van der Waals surface area contributed by atoms with Crippen molar-refractivity contribution in [2.24, 2.45) is 11.3 Å². The molecule has 4 rings (SSSR count). The summed E-state index contributed by atoms with van der Waals surface area (Å²) >= 11 is 0. The van der Waals surface area contributed by atoms with Crippen molar-refractivity contribution in [1.82, 2.24) is 10.6 Å². The molecule has 2 atom stereocenters. The standard InChI is InChI=1S/C28H34N2O5/c1-3-28(4-2,26(33)30-19-14-13-18(15-19)25(31)32)17-29-27(34)35-16-24-22-11-7-5-9-20(22)21-10-6-8-12-23(21)24/h5-12,18-19,24H,3-4,13-17H2,1-2H3,(H,29,34)(H,30,33)(H,31,32)/t18-,19+/m0/s1. The zero-order valence-electron chi connectivity index (χ0n) is 20.4. The van der Waals surface area contributed by atoms with Gasteiger partial charge in [0.1, 0.15) is 6.61 Å². The summed E-state index contributed by atoms with van der Waals surface area (Å²) in [4.78, 5) is 37.1. The molecule has 1 fully saturated rings. The average molecular weight is 479 g/mol. The molecule has 1 saturated carbocycles. The molecule has 2 aliphatic carbocycles. The third-order valence-electron chi connectivity index (χ3n) is 7.87. The van der Waals surface area contributed by atoms with Crippen LogP contribution in [-0.2, 0) is 14.3 Å². The van der Waals surface area contributed by atoms with Crippen molar-refractivity contribution in [3.8, 4) is 11.1 Å². The Kier molecular flexibility index (Phi) is 7.43. The van der Waals surface area contributed by atoms with Gasteiger partial charge in [-0.15, -0.1) is 0 Å². The van der Waals surface area contributed by atoms with Gasteiger partial charge in [-0.3, -0.25) is 9.59 Å². The monoisotopic (exact) mass is 478 g/mol. The topological polar surface area (TPSA) is 105 Å². The van der Waals surface area contributed by atoms with Crippen molar-refractivity contribution < 1.29 is 24.2 Å². The fourth-order valence-corrected chi connectivity index (χ4v) is 5.47. The SMILES string of the molecule is CCC(CC)(CNC(=O)OCC1c2ccccc2-c2ccccc21)C(=O)N[C@@H]1CC[C@H](C(=O)O)C1. The van der Waals surface area contributed by atoms with Crippen LogP contribution in [0.5, 0.6) is 0 Å². The fourth-order valence-electron chi connectivity index (χ4n) is 5.47. The lowest BCUT2D eigenvalue weighted by atomic mass is 9.81. The number of carbonyl (C=O) groups is 3. The summed E-state index contributed by atoms with van der Waals surface area (Å²) in [5, 5.41) is 15.1. The second-order valence-corrected chi connectivity index (χ2v) is 9.69. The minimum atomic E-state index is -0.809. The van der Waals surface area contributed by atoms with Gasteiger partial charge in [-0.1, -0.05) is 62.4 Å². The van der Waals surface area contributed by atoms with Crippen LogP contribution in [0.1, 0.15) is 63.0 Å². The van der Waals surface area contributed by atoms with Crippen molar-refractivity contribution in [1.29, 1.82) is 0 Å². The van der Waals surface area contributed by atoms with E-state index in [9.17, 15) is 19.5 Å². The highest BCUT2D eigenvalue weighted by atomic mass is 16.5.